The first-order valence-corrected chi connectivity index (χ1v) is 10.7. The first kappa shape index (κ1) is 23.4. The standard InChI is InChI=1S/C20H25N3O6S/c1-13(2)18(19(24)29-20(3,4)5)22-30(27,28)16-9-6-14(7-10-16)17-11-8-15(12-21-17)23(25)26/h6-13,18,22H,1-5H3/t18-/m0/s1. The van der Waals surface area contributed by atoms with Crippen LogP contribution < -0.4 is 4.72 Å². The Balaban J connectivity index is 2.22. The van der Waals surface area contributed by atoms with E-state index in [2.05, 4.69) is 9.71 Å². The molecule has 0 aliphatic carbocycles. The molecule has 0 bridgehead atoms. The summed E-state index contributed by atoms with van der Waals surface area (Å²) in [6.45, 7) is 8.58. The van der Waals surface area contributed by atoms with Gasteiger partial charge in [-0.2, -0.15) is 4.72 Å². The molecule has 0 radical (unpaired) electrons. The fraction of sp³-hybridized carbons (Fsp3) is 0.400. The van der Waals surface area contributed by atoms with Crippen molar-refractivity contribution in [2.24, 2.45) is 5.92 Å². The zero-order chi connectivity index (χ0) is 22.7. The van der Waals surface area contributed by atoms with Gasteiger partial charge in [0.25, 0.3) is 5.69 Å². The molecule has 1 atom stereocenters. The molecule has 30 heavy (non-hydrogen) atoms. The number of nitro groups is 1. The quantitative estimate of drug-likeness (QED) is 0.401. The highest BCUT2D eigenvalue weighted by Crippen LogP contribution is 2.22. The molecule has 1 aromatic carbocycles. The Bertz CT molecular complexity index is 1010. The number of nitrogens with one attached hydrogen (secondary N) is 1. The number of hydrogen-bond acceptors (Lipinski definition) is 7. The molecule has 0 fully saturated rings. The zero-order valence-corrected chi connectivity index (χ0v) is 18.3. The molecule has 0 saturated carbocycles. The van der Waals surface area contributed by atoms with Crippen LogP contribution in [0.2, 0.25) is 0 Å². The molecule has 0 amide bonds. The van der Waals surface area contributed by atoms with Gasteiger partial charge >= 0.3 is 5.97 Å². The molecule has 0 spiro atoms. The lowest BCUT2D eigenvalue weighted by molar-refractivity contribution is -0.385. The van der Waals surface area contributed by atoms with Crippen LogP contribution in [-0.4, -0.2) is 35.9 Å². The van der Waals surface area contributed by atoms with Crippen LogP contribution in [0.1, 0.15) is 34.6 Å². The zero-order valence-electron chi connectivity index (χ0n) is 17.4. The summed E-state index contributed by atoms with van der Waals surface area (Å²) in [5.41, 5.74) is 0.182. The maximum Gasteiger partial charge on any atom is 0.324 e. The Labute approximate surface area is 175 Å². The molecule has 0 aliphatic heterocycles. The molecular formula is C20H25N3O6S. The van der Waals surface area contributed by atoms with Gasteiger partial charge < -0.3 is 4.74 Å². The topological polar surface area (TPSA) is 128 Å². The van der Waals surface area contributed by atoms with Crippen molar-refractivity contribution in [1.29, 1.82) is 0 Å². The molecular weight excluding hydrogens is 410 g/mol. The first-order chi connectivity index (χ1) is 13.8. The lowest BCUT2D eigenvalue weighted by Crippen LogP contribution is -2.47. The molecule has 2 rings (SSSR count). The number of carbonyl (C=O) groups excluding carboxylic acids is 1. The minimum absolute atomic E-state index is 0.0256. The van der Waals surface area contributed by atoms with Crippen molar-refractivity contribution < 1.29 is 22.9 Å². The average Bonchev–Trinajstić information content (AvgIpc) is 2.64. The van der Waals surface area contributed by atoms with Crippen LogP contribution in [0.3, 0.4) is 0 Å². The third-order valence-corrected chi connectivity index (χ3v) is 5.49. The summed E-state index contributed by atoms with van der Waals surface area (Å²) in [4.78, 5) is 26.6. The van der Waals surface area contributed by atoms with Crippen LogP contribution in [0, 0.1) is 16.0 Å². The van der Waals surface area contributed by atoms with Gasteiger partial charge in [0.15, 0.2) is 0 Å². The minimum Gasteiger partial charge on any atom is -0.459 e. The molecule has 0 unspecified atom stereocenters. The Morgan fingerprint density at radius 3 is 2.17 bits per heavy atom. The number of aromatic nitrogens is 1. The van der Waals surface area contributed by atoms with Gasteiger partial charge in [0.2, 0.25) is 10.0 Å². The summed E-state index contributed by atoms with van der Waals surface area (Å²) in [7, 11) is -3.98. The second-order valence-corrected chi connectivity index (χ2v) is 9.77. The van der Waals surface area contributed by atoms with Crippen LogP contribution in [0.25, 0.3) is 11.3 Å². The molecule has 0 aliphatic rings. The Hall–Kier alpha value is -2.85. The Morgan fingerprint density at radius 2 is 1.73 bits per heavy atom. The van der Waals surface area contributed by atoms with Gasteiger partial charge in [0.05, 0.1) is 15.5 Å². The van der Waals surface area contributed by atoms with Crippen LogP contribution in [-0.2, 0) is 19.6 Å². The van der Waals surface area contributed by atoms with E-state index in [-0.39, 0.29) is 16.5 Å². The van der Waals surface area contributed by atoms with E-state index in [0.717, 1.165) is 6.20 Å². The number of sulfonamides is 1. The van der Waals surface area contributed by atoms with Crippen molar-refractivity contribution in [1.82, 2.24) is 9.71 Å². The predicted molar refractivity (Wildman–Crippen MR) is 111 cm³/mol. The molecule has 0 saturated heterocycles. The maximum absolute atomic E-state index is 12.8. The first-order valence-electron chi connectivity index (χ1n) is 9.26. The van der Waals surface area contributed by atoms with Crippen molar-refractivity contribution in [3.05, 3.63) is 52.7 Å². The summed E-state index contributed by atoms with van der Waals surface area (Å²) in [5.74, 6) is -0.967. The molecule has 10 heteroatoms. The monoisotopic (exact) mass is 435 g/mol. The van der Waals surface area contributed by atoms with Gasteiger partial charge in [-0.3, -0.25) is 14.9 Å². The highest BCUT2D eigenvalue weighted by molar-refractivity contribution is 7.89. The normalized spacial score (nSPS) is 13.1. The summed E-state index contributed by atoms with van der Waals surface area (Å²) in [5, 5.41) is 10.7. The molecule has 9 nitrogen and oxygen atoms in total. The van der Waals surface area contributed by atoms with Gasteiger partial charge in [-0.25, -0.2) is 13.4 Å². The van der Waals surface area contributed by atoms with Crippen molar-refractivity contribution in [3.63, 3.8) is 0 Å². The molecule has 1 N–H and O–H groups in total. The summed E-state index contributed by atoms with van der Waals surface area (Å²) in [6.07, 6.45) is 1.13. The van der Waals surface area contributed by atoms with E-state index in [9.17, 15) is 23.3 Å². The SMILES string of the molecule is CC(C)[C@H](NS(=O)(=O)c1ccc(-c2ccc([N+](=O)[O-])cn2)cc1)C(=O)OC(C)(C)C. The average molecular weight is 436 g/mol. The highest BCUT2D eigenvalue weighted by Gasteiger charge is 2.32. The van der Waals surface area contributed by atoms with Crippen LogP contribution in [0.4, 0.5) is 5.69 Å². The van der Waals surface area contributed by atoms with Crippen molar-refractivity contribution >= 4 is 21.7 Å². The second kappa shape index (κ2) is 8.88. The summed E-state index contributed by atoms with van der Waals surface area (Å²) >= 11 is 0. The molecule has 1 aromatic heterocycles. The van der Waals surface area contributed by atoms with E-state index in [1.54, 1.807) is 46.8 Å². The smallest absolute Gasteiger partial charge is 0.324 e. The highest BCUT2D eigenvalue weighted by atomic mass is 32.2. The fourth-order valence-corrected chi connectivity index (χ4v) is 3.86. The van der Waals surface area contributed by atoms with Gasteiger partial charge in [-0.1, -0.05) is 26.0 Å². The Morgan fingerprint density at radius 1 is 1.13 bits per heavy atom. The van der Waals surface area contributed by atoms with Gasteiger partial charge in [-0.05, 0) is 44.9 Å². The van der Waals surface area contributed by atoms with Crippen molar-refractivity contribution in [2.45, 2.75) is 51.2 Å². The second-order valence-electron chi connectivity index (χ2n) is 8.06. The van der Waals surface area contributed by atoms with Crippen molar-refractivity contribution in [2.75, 3.05) is 0 Å². The van der Waals surface area contributed by atoms with Gasteiger partial charge in [-0.15, -0.1) is 0 Å². The number of benzene rings is 1. The van der Waals surface area contributed by atoms with Gasteiger partial charge in [0.1, 0.15) is 17.8 Å². The van der Waals surface area contributed by atoms with Gasteiger partial charge in [0, 0.05) is 11.6 Å². The third-order valence-electron chi connectivity index (χ3n) is 4.03. The van der Waals surface area contributed by atoms with Crippen LogP contribution in [0.15, 0.2) is 47.5 Å². The molecule has 162 valence electrons. The van der Waals surface area contributed by atoms with E-state index in [0.29, 0.717) is 11.3 Å². The van der Waals surface area contributed by atoms with Crippen LogP contribution in [0.5, 0.6) is 0 Å². The van der Waals surface area contributed by atoms with E-state index in [1.807, 2.05) is 0 Å². The number of hydrogen-bond donors (Lipinski definition) is 1. The maximum atomic E-state index is 12.8. The number of ether oxygens (including phenoxy) is 1. The van der Waals surface area contributed by atoms with Crippen LogP contribution >= 0.6 is 0 Å². The van der Waals surface area contributed by atoms with Crippen molar-refractivity contribution in [3.8, 4) is 11.3 Å². The molecule has 1 heterocycles. The summed E-state index contributed by atoms with van der Waals surface area (Å²) in [6, 6.07) is 7.62. The predicted octanol–water partition coefficient (Wildman–Crippen LogP) is 3.30. The summed E-state index contributed by atoms with van der Waals surface area (Å²) < 4.78 is 33.3. The lowest BCUT2D eigenvalue weighted by atomic mass is 10.1. The number of nitrogens with zero attached hydrogens (tertiary/aromatic N) is 2. The third kappa shape index (κ3) is 6.07. The number of rotatable bonds is 7. The van der Waals surface area contributed by atoms with E-state index in [4.69, 9.17) is 4.74 Å². The van der Waals surface area contributed by atoms with E-state index < -0.39 is 32.6 Å². The largest absolute Gasteiger partial charge is 0.459 e. The van der Waals surface area contributed by atoms with E-state index in [1.165, 1.54) is 24.3 Å². The fourth-order valence-electron chi connectivity index (χ4n) is 2.53. The molecule has 2 aromatic rings. The Kier molecular flexibility index (Phi) is 6.94. The lowest BCUT2D eigenvalue weighted by Gasteiger charge is -2.26. The number of esters is 1. The number of carbonyl (C=O) groups is 1. The van der Waals surface area contributed by atoms with E-state index >= 15 is 0 Å². The minimum atomic E-state index is -3.98. The number of pyridine rings is 1.